The predicted octanol–water partition coefficient (Wildman–Crippen LogP) is 4.57. The lowest BCUT2D eigenvalue weighted by Crippen LogP contribution is -2.24. The van der Waals surface area contributed by atoms with Crippen molar-refractivity contribution in [3.05, 3.63) is 59.3 Å². The van der Waals surface area contributed by atoms with Crippen LogP contribution in [0.3, 0.4) is 0 Å². The van der Waals surface area contributed by atoms with Crippen LogP contribution in [0.15, 0.2) is 52.4 Å². The first-order chi connectivity index (χ1) is 11.9. The molecule has 3 aromatic rings. The second kappa shape index (κ2) is 7.28. The zero-order valence-corrected chi connectivity index (χ0v) is 14.4. The molecule has 1 saturated heterocycles. The molecule has 1 aromatic carbocycles. The van der Waals surface area contributed by atoms with E-state index in [1.54, 1.807) is 11.3 Å². The summed E-state index contributed by atoms with van der Waals surface area (Å²) in [6, 6.07) is 14.9. The van der Waals surface area contributed by atoms with Gasteiger partial charge in [0.05, 0.1) is 11.4 Å². The number of nitrogens with zero attached hydrogens (tertiary/aromatic N) is 3. The zero-order valence-electron chi connectivity index (χ0n) is 13.6. The third-order valence-electron chi connectivity index (χ3n) is 4.66. The van der Waals surface area contributed by atoms with Crippen LogP contribution < -0.4 is 0 Å². The molecule has 1 unspecified atom stereocenters. The smallest absolute Gasteiger partial charge is 0.241 e. The number of rotatable bonds is 4. The normalized spacial score (nSPS) is 19.2. The van der Waals surface area contributed by atoms with Gasteiger partial charge in [0.15, 0.2) is 0 Å². The minimum Gasteiger partial charge on any atom is -0.338 e. The number of thiophene rings is 1. The fourth-order valence-electron chi connectivity index (χ4n) is 3.39. The van der Waals surface area contributed by atoms with Crippen molar-refractivity contribution in [3.8, 4) is 10.7 Å². The lowest BCUT2D eigenvalue weighted by Gasteiger charge is -2.18. The van der Waals surface area contributed by atoms with Crippen molar-refractivity contribution in [2.45, 2.75) is 31.7 Å². The van der Waals surface area contributed by atoms with Gasteiger partial charge in [-0.25, -0.2) is 0 Å². The summed E-state index contributed by atoms with van der Waals surface area (Å²) < 4.78 is 5.45. The minimum atomic E-state index is 0.667. The van der Waals surface area contributed by atoms with E-state index >= 15 is 0 Å². The van der Waals surface area contributed by atoms with Gasteiger partial charge in [0.2, 0.25) is 11.7 Å². The maximum Gasteiger partial charge on any atom is 0.241 e. The fourth-order valence-corrected chi connectivity index (χ4v) is 4.04. The summed E-state index contributed by atoms with van der Waals surface area (Å²) in [5, 5.41) is 6.14. The number of benzene rings is 1. The van der Waals surface area contributed by atoms with E-state index in [-0.39, 0.29) is 0 Å². The van der Waals surface area contributed by atoms with Gasteiger partial charge in [0.1, 0.15) is 0 Å². The molecule has 0 N–H and O–H groups in total. The van der Waals surface area contributed by atoms with Crippen molar-refractivity contribution in [1.29, 1.82) is 0 Å². The van der Waals surface area contributed by atoms with E-state index in [1.165, 1.54) is 24.8 Å². The number of aromatic nitrogens is 2. The SMILES string of the molecule is c1ccc(C2CCCN(Cc3nc(-c4cccs4)no3)CC2)cc1. The van der Waals surface area contributed by atoms with Crippen molar-refractivity contribution in [2.75, 3.05) is 13.1 Å². The van der Waals surface area contributed by atoms with Crippen molar-refractivity contribution in [2.24, 2.45) is 0 Å². The Bertz CT molecular complexity index is 754. The highest BCUT2D eigenvalue weighted by atomic mass is 32.1. The van der Waals surface area contributed by atoms with Crippen LogP contribution in [-0.4, -0.2) is 28.1 Å². The monoisotopic (exact) mass is 339 g/mol. The molecular weight excluding hydrogens is 318 g/mol. The molecule has 0 amide bonds. The Morgan fingerprint density at radius 2 is 2.00 bits per heavy atom. The van der Waals surface area contributed by atoms with Gasteiger partial charge in [0, 0.05) is 0 Å². The maximum atomic E-state index is 5.45. The molecule has 4 rings (SSSR count). The van der Waals surface area contributed by atoms with Crippen LogP contribution in [0.5, 0.6) is 0 Å². The average molecular weight is 339 g/mol. The Hall–Kier alpha value is -1.98. The molecule has 0 aliphatic carbocycles. The molecule has 1 fully saturated rings. The highest BCUT2D eigenvalue weighted by molar-refractivity contribution is 7.13. The molecule has 2 aromatic heterocycles. The second-order valence-corrected chi connectivity index (χ2v) is 7.25. The summed E-state index contributed by atoms with van der Waals surface area (Å²) in [5.74, 6) is 2.09. The van der Waals surface area contributed by atoms with Gasteiger partial charge in [0.25, 0.3) is 0 Å². The first kappa shape index (κ1) is 15.5. The van der Waals surface area contributed by atoms with E-state index in [0.717, 1.165) is 30.4 Å². The molecule has 1 aliphatic rings. The molecule has 3 heterocycles. The first-order valence-corrected chi connectivity index (χ1v) is 9.40. The lowest BCUT2D eigenvalue weighted by molar-refractivity contribution is 0.233. The van der Waals surface area contributed by atoms with Gasteiger partial charge in [-0.1, -0.05) is 41.6 Å². The number of hydrogen-bond donors (Lipinski definition) is 0. The summed E-state index contributed by atoms with van der Waals surface area (Å²) in [4.78, 5) is 8.04. The minimum absolute atomic E-state index is 0.667. The molecule has 1 atom stereocenters. The quantitative estimate of drug-likeness (QED) is 0.698. The molecule has 1 aliphatic heterocycles. The molecule has 0 bridgehead atoms. The summed E-state index contributed by atoms with van der Waals surface area (Å²) >= 11 is 1.64. The van der Waals surface area contributed by atoms with Crippen molar-refractivity contribution >= 4 is 11.3 Å². The van der Waals surface area contributed by atoms with Gasteiger partial charge in [-0.15, -0.1) is 11.3 Å². The van der Waals surface area contributed by atoms with Gasteiger partial charge in [-0.2, -0.15) is 4.98 Å². The van der Waals surface area contributed by atoms with E-state index in [0.29, 0.717) is 11.7 Å². The molecule has 5 heteroatoms. The molecule has 0 spiro atoms. The van der Waals surface area contributed by atoms with Gasteiger partial charge < -0.3 is 4.52 Å². The molecule has 0 saturated carbocycles. The Balaban J connectivity index is 1.38. The predicted molar refractivity (Wildman–Crippen MR) is 95.9 cm³/mol. The third kappa shape index (κ3) is 3.57. The van der Waals surface area contributed by atoms with E-state index in [9.17, 15) is 0 Å². The molecule has 0 radical (unpaired) electrons. The van der Waals surface area contributed by atoms with Crippen molar-refractivity contribution in [1.82, 2.24) is 15.0 Å². The molecule has 124 valence electrons. The number of hydrogen-bond acceptors (Lipinski definition) is 5. The van der Waals surface area contributed by atoms with Crippen LogP contribution in [0.4, 0.5) is 0 Å². The highest BCUT2D eigenvalue weighted by Gasteiger charge is 2.20. The molecule has 24 heavy (non-hydrogen) atoms. The summed E-state index contributed by atoms with van der Waals surface area (Å²) in [6.45, 7) is 2.93. The summed E-state index contributed by atoms with van der Waals surface area (Å²) in [7, 11) is 0. The Labute approximate surface area is 146 Å². The topological polar surface area (TPSA) is 42.2 Å². The molecule has 4 nitrogen and oxygen atoms in total. The largest absolute Gasteiger partial charge is 0.338 e. The maximum absolute atomic E-state index is 5.45. The fraction of sp³-hybridized carbons (Fsp3) is 0.368. The third-order valence-corrected chi connectivity index (χ3v) is 5.53. The van der Waals surface area contributed by atoms with Gasteiger partial charge in [-0.3, -0.25) is 4.90 Å². The Morgan fingerprint density at radius 3 is 2.83 bits per heavy atom. The highest BCUT2D eigenvalue weighted by Crippen LogP contribution is 2.28. The van der Waals surface area contributed by atoms with Gasteiger partial charge in [-0.05, 0) is 55.3 Å². The zero-order chi connectivity index (χ0) is 16.2. The van der Waals surface area contributed by atoms with Crippen LogP contribution in [0, 0.1) is 0 Å². The van der Waals surface area contributed by atoms with Crippen LogP contribution in [0.25, 0.3) is 10.7 Å². The Kier molecular flexibility index (Phi) is 4.71. The average Bonchev–Trinajstić information content (AvgIpc) is 3.25. The van der Waals surface area contributed by atoms with Crippen LogP contribution in [0.2, 0.25) is 0 Å². The number of likely N-dealkylation sites (tertiary alicyclic amines) is 1. The standard InChI is InChI=1S/C19H21N3OS/c1-2-6-15(7-3-1)16-8-4-11-22(12-10-16)14-18-20-19(21-23-18)17-9-5-13-24-17/h1-3,5-7,9,13,16H,4,8,10-12,14H2. The first-order valence-electron chi connectivity index (χ1n) is 8.52. The van der Waals surface area contributed by atoms with E-state index < -0.39 is 0 Å². The second-order valence-electron chi connectivity index (χ2n) is 6.30. The van der Waals surface area contributed by atoms with Crippen LogP contribution in [-0.2, 0) is 6.54 Å². The van der Waals surface area contributed by atoms with Crippen molar-refractivity contribution < 1.29 is 4.52 Å². The van der Waals surface area contributed by atoms with E-state index in [4.69, 9.17) is 4.52 Å². The Morgan fingerprint density at radius 1 is 1.08 bits per heavy atom. The summed E-state index contributed by atoms with van der Waals surface area (Å²) in [5.41, 5.74) is 1.47. The van der Waals surface area contributed by atoms with E-state index in [2.05, 4.69) is 45.4 Å². The van der Waals surface area contributed by atoms with Crippen LogP contribution in [0.1, 0.15) is 36.6 Å². The van der Waals surface area contributed by atoms with Crippen LogP contribution >= 0.6 is 11.3 Å². The van der Waals surface area contributed by atoms with Crippen molar-refractivity contribution in [3.63, 3.8) is 0 Å². The molecular formula is C19H21N3OS. The summed E-state index contributed by atoms with van der Waals surface area (Å²) in [6.07, 6.45) is 3.66. The van der Waals surface area contributed by atoms with Gasteiger partial charge >= 0.3 is 0 Å². The van der Waals surface area contributed by atoms with E-state index in [1.807, 2.05) is 17.5 Å². The lowest BCUT2D eigenvalue weighted by atomic mass is 9.92.